The van der Waals surface area contributed by atoms with Crippen molar-refractivity contribution >= 4 is 33.7 Å². The molecule has 0 saturated heterocycles. The number of para-hydroxylation sites is 2. The van der Waals surface area contributed by atoms with E-state index in [4.69, 9.17) is 16.3 Å². The van der Waals surface area contributed by atoms with E-state index in [1.807, 2.05) is 24.3 Å². The zero-order valence-corrected chi connectivity index (χ0v) is 9.90. The first-order chi connectivity index (χ1) is 8.28. The molecule has 3 aromatic rings. The molecule has 3 rings (SSSR count). The number of fused-ring (bicyclic) bond motifs is 2. The van der Waals surface area contributed by atoms with Gasteiger partial charge in [-0.3, -0.25) is 0 Å². The third-order valence-electron chi connectivity index (χ3n) is 2.59. The molecule has 1 heterocycles. The Labute approximate surface area is 103 Å². The summed E-state index contributed by atoms with van der Waals surface area (Å²) < 4.78 is 5.27. The third-order valence-corrected chi connectivity index (χ3v) is 2.81. The highest BCUT2D eigenvalue weighted by molar-refractivity contribution is 6.31. The molecular formula is C13H9ClN2O. The van der Waals surface area contributed by atoms with Crippen molar-refractivity contribution in [3.8, 4) is 5.75 Å². The molecular weight excluding hydrogens is 236 g/mol. The maximum absolute atomic E-state index is 6.01. The Balaban J connectivity index is 2.47. The lowest BCUT2D eigenvalue weighted by molar-refractivity contribution is 0.419. The average molecular weight is 245 g/mol. The molecule has 0 fully saturated rings. The van der Waals surface area contributed by atoms with Crippen LogP contribution in [0.2, 0.25) is 5.02 Å². The third kappa shape index (κ3) is 1.68. The first kappa shape index (κ1) is 10.3. The molecule has 3 nitrogen and oxygen atoms in total. The van der Waals surface area contributed by atoms with Crippen molar-refractivity contribution in [1.82, 2.24) is 9.97 Å². The van der Waals surface area contributed by atoms with Crippen LogP contribution in [0.5, 0.6) is 5.75 Å². The van der Waals surface area contributed by atoms with E-state index in [0.29, 0.717) is 10.8 Å². The van der Waals surface area contributed by atoms with Gasteiger partial charge in [-0.25, -0.2) is 9.97 Å². The maximum atomic E-state index is 6.01. The molecule has 84 valence electrons. The normalized spacial score (nSPS) is 10.9. The molecule has 0 radical (unpaired) electrons. The minimum absolute atomic E-state index is 0.596. The van der Waals surface area contributed by atoms with E-state index in [1.54, 1.807) is 19.2 Å². The quantitative estimate of drug-likeness (QED) is 0.615. The number of nitrogens with zero attached hydrogens (tertiary/aromatic N) is 2. The summed E-state index contributed by atoms with van der Waals surface area (Å²) >= 11 is 6.01. The molecule has 1 aromatic heterocycles. The fourth-order valence-electron chi connectivity index (χ4n) is 1.82. The highest BCUT2D eigenvalue weighted by Gasteiger charge is 2.08. The summed E-state index contributed by atoms with van der Waals surface area (Å²) in [6.45, 7) is 0. The van der Waals surface area contributed by atoms with Crippen molar-refractivity contribution in [3.05, 3.63) is 41.4 Å². The number of ether oxygens (including phenoxy) is 1. The summed E-state index contributed by atoms with van der Waals surface area (Å²) in [5, 5.41) is 0.596. The highest BCUT2D eigenvalue weighted by Crippen LogP contribution is 2.28. The van der Waals surface area contributed by atoms with Gasteiger partial charge < -0.3 is 4.74 Å². The van der Waals surface area contributed by atoms with Gasteiger partial charge in [0, 0.05) is 11.1 Å². The van der Waals surface area contributed by atoms with Crippen LogP contribution in [-0.4, -0.2) is 17.1 Å². The minimum atomic E-state index is 0.596. The van der Waals surface area contributed by atoms with E-state index in [1.165, 1.54) is 0 Å². The summed E-state index contributed by atoms with van der Waals surface area (Å²) in [6, 6.07) is 11.3. The van der Waals surface area contributed by atoms with Gasteiger partial charge in [0.1, 0.15) is 11.3 Å². The molecule has 4 heteroatoms. The van der Waals surface area contributed by atoms with E-state index < -0.39 is 0 Å². The standard InChI is InChI=1S/C13H9ClN2O/c1-17-12-7-8(14)6-11-13(12)16-10-5-3-2-4-9(10)15-11/h2-7H,1H3. The first-order valence-corrected chi connectivity index (χ1v) is 5.56. The maximum Gasteiger partial charge on any atom is 0.148 e. The number of halogens is 1. The summed E-state index contributed by atoms with van der Waals surface area (Å²) in [5.41, 5.74) is 3.17. The van der Waals surface area contributed by atoms with Crippen molar-refractivity contribution in [2.45, 2.75) is 0 Å². The van der Waals surface area contributed by atoms with Crippen LogP contribution in [0.25, 0.3) is 22.1 Å². The van der Waals surface area contributed by atoms with E-state index in [9.17, 15) is 0 Å². The molecule has 0 aliphatic carbocycles. The molecule has 0 unspecified atom stereocenters. The van der Waals surface area contributed by atoms with E-state index in [2.05, 4.69) is 9.97 Å². The molecule has 2 aromatic carbocycles. The number of hydrogen-bond acceptors (Lipinski definition) is 3. The lowest BCUT2D eigenvalue weighted by atomic mass is 10.2. The predicted octanol–water partition coefficient (Wildman–Crippen LogP) is 3.45. The molecule has 17 heavy (non-hydrogen) atoms. The monoisotopic (exact) mass is 244 g/mol. The van der Waals surface area contributed by atoms with Crippen molar-refractivity contribution in [2.75, 3.05) is 7.11 Å². The van der Waals surface area contributed by atoms with Gasteiger partial charge in [-0.2, -0.15) is 0 Å². The zero-order chi connectivity index (χ0) is 11.8. The average Bonchev–Trinajstić information content (AvgIpc) is 2.35. The number of rotatable bonds is 1. The Kier molecular flexibility index (Phi) is 2.34. The smallest absolute Gasteiger partial charge is 0.148 e. The molecule has 0 atom stereocenters. The van der Waals surface area contributed by atoms with Gasteiger partial charge in [0.2, 0.25) is 0 Å². The van der Waals surface area contributed by atoms with Gasteiger partial charge in [0.15, 0.2) is 0 Å². The fourth-order valence-corrected chi connectivity index (χ4v) is 2.02. The Hall–Kier alpha value is -1.87. The van der Waals surface area contributed by atoms with Gasteiger partial charge in [0.05, 0.1) is 23.7 Å². The SMILES string of the molecule is COc1cc(Cl)cc2nc3ccccc3nc12. The minimum Gasteiger partial charge on any atom is -0.494 e. The Morgan fingerprint density at radius 1 is 1.00 bits per heavy atom. The van der Waals surface area contributed by atoms with Crippen LogP contribution in [0.15, 0.2) is 36.4 Å². The van der Waals surface area contributed by atoms with Crippen LogP contribution in [0.4, 0.5) is 0 Å². The van der Waals surface area contributed by atoms with Crippen LogP contribution in [-0.2, 0) is 0 Å². The number of hydrogen-bond donors (Lipinski definition) is 0. The van der Waals surface area contributed by atoms with Crippen molar-refractivity contribution in [2.24, 2.45) is 0 Å². The van der Waals surface area contributed by atoms with Gasteiger partial charge in [-0.15, -0.1) is 0 Å². The summed E-state index contributed by atoms with van der Waals surface area (Å²) in [4.78, 5) is 9.06. The van der Waals surface area contributed by atoms with Crippen LogP contribution in [0.1, 0.15) is 0 Å². The molecule has 0 aliphatic rings. The van der Waals surface area contributed by atoms with Crippen LogP contribution in [0, 0.1) is 0 Å². The van der Waals surface area contributed by atoms with Crippen molar-refractivity contribution in [3.63, 3.8) is 0 Å². The van der Waals surface area contributed by atoms with Crippen LogP contribution in [0.3, 0.4) is 0 Å². The Bertz CT molecular complexity index is 712. The van der Waals surface area contributed by atoms with Crippen molar-refractivity contribution in [1.29, 1.82) is 0 Å². The molecule has 0 bridgehead atoms. The van der Waals surface area contributed by atoms with Gasteiger partial charge in [-0.05, 0) is 18.2 Å². The summed E-state index contributed by atoms with van der Waals surface area (Å²) in [5.74, 6) is 0.644. The molecule has 0 N–H and O–H groups in total. The zero-order valence-electron chi connectivity index (χ0n) is 9.14. The predicted molar refractivity (Wildman–Crippen MR) is 68.6 cm³/mol. The van der Waals surface area contributed by atoms with Gasteiger partial charge in [-0.1, -0.05) is 23.7 Å². The second-order valence-electron chi connectivity index (χ2n) is 3.69. The lowest BCUT2D eigenvalue weighted by Gasteiger charge is -2.06. The van der Waals surface area contributed by atoms with Gasteiger partial charge >= 0.3 is 0 Å². The molecule has 0 saturated carbocycles. The number of benzene rings is 2. The molecule has 0 amide bonds. The second kappa shape index (κ2) is 3.86. The largest absolute Gasteiger partial charge is 0.494 e. The highest BCUT2D eigenvalue weighted by atomic mass is 35.5. The fraction of sp³-hybridized carbons (Fsp3) is 0.0769. The second-order valence-corrected chi connectivity index (χ2v) is 4.12. The first-order valence-electron chi connectivity index (χ1n) is 5.18. The van der Waals surface area contributed by atoms with Crippen LogP contribution < -0.4 is 4.74 Å². The Morgan fingerprint density at radius 3 is 2.41 bits per heavy atom. The Morgan fingerprint density at radius 2 is 1.71 bits per heavy atom. The van der Waals surface area contributed by atoms with Gasteiger partial charge in [0.25, 0.3) is 0 Å². The lowest BCUT2D eigenvalue weighted by Crippen LogP contribution is -1.91. The summed E-state index contributed by atoms with van der Waals surface area (Å²) in [7, 11) is 1.60. The molecule has 0 spiro atoms. The number of aromatic nitrogens is 2. The summed E-state index contributed by atoms with van der Waals surface area (Å²) in [6.07, 6.45) is 0. The van der Waals surface area contributed by atoms with Crippen LogP contribution >= 0.6 is 11.6 Å². The van der Waals surface area contributed by atoms with E-state index in [0.717, 1.165) is 22.1 Å². The van der Waals surface area contributed by atoms with Crippen molar-refractivity contribution < 1.29 is 4.74 Å². The van der Waals surface area contributed by atoms with E-state index >= 15 is 0 Å². The topological polar surface area (TPSA) is 35.0 Å². The van der Waals surface area contributed by atoms with E-state index in [-0.39, 0.29) is 0 Å². The molecule has 0 aliphatic heterocycles. The number of methoxy groups -OCH3 is 1.